The molecule has 120 valence electrons. The van der Waals surface area contributed by atoms with Crippen molar-refractivity contribution in [3.63, 3.8) is 0 Å². The summed E-state index contributed by atoms with van der Waals surface area (Å²) >= 11 is 3.49. The van der Waals surface area contributed by atoms with Crippen molar-refractivity contribution in [2.75, 3.05) is 0 Å². The first-order valence-corrected chi connectivity index (χ1v) is 8.95. The molecule has 0 radical (unpaired) electrons. The Morgan fingerprint density at radius 2 is 1.74 bits per heavy atom. The van der Waals surface area contributed by atoms with Crippen LogP contribution < -0.4 is 0 Å². The van der Waals surface area contributed by atoms with E-state index in [-0.39, 0.29) is 5.41 Å². The van der Waals surface area contributed by atoms with Gasteiger partial charge in [0.05, 0.1) is 11.0 Å². The van der Waals surface area contributed by atoms with E-state index in [9.17, 15) is 0 Å². The summed E-state index contributed by atoms with van der Waals surface area (Å²) in [6, 6.07) is 15.2. The van der Waals surface area contributed by atoms with Crippen molar-refractivity contribution in [2.45, 2.75) is 45.4 Å². The fourth-order valence-electron chi connectivity index (χ4n) is 2.78. The van der Waals surface area contributed by atoms with Gasteiger partial charge in [0.25, 0.3) is 0 Å². The van der Waals surface area contributed by atoms with Crippen molar-refractivity contribution in [3.8, 4) is 0 Å². The molecule has 0 aliphatic heterocycles. The van der Waals surface area contributed by atoms with Crippen LogP contribution in [0, 0.1) is 0 Å². The number of nitrogens with zero attached hydrogens (tertiary/aromatic N) is 1. The molecule has 0 unspecified atom stereocenters. The van der Waals surface area contributed by atoms with Crippen molar-refractivity contribution in [3.05, 3.63) is 63.9 Å². The molecule has 3 aromatic rings. The van der Waals surface area contributed by atoms with E-state index < -0.39 is 0 Å². The number of H-pyrrole nitrogens is 1. The molecule has 0 aliphatic rings. The maximum absolute atomic E-state index is 4.67. The smallest absolute Gasteiger partial charge is 0.107 e. The molecule has 2 nitrogen and oxygen atoms in total. The average molecular weight is 371 g/mol. The van der Waals surface area contributed by atoms with E-state index in [2.05, 4.69) is 83.1 Å². The van der Waals surface area contributed by atoms with E-state index in [1.165, 1.54) is 11.1 Å². The van der Waals surface area contributed by atoms with Crippen LogP contribution in [0.15, 0.2) is 46.9 Å². The van der Waals surface area contributed by atoms with Gasteiger partial charge < -0.3 is 4.98 Å². The maximum Gasteiger partial charge on any atom is 0.107 e. The van der Waals surface area contributed by atoms with Crippen molar-refractivity contribution in [1.82, 2.24) is 9.97 Å². The van der Waals surface area contributed by atoms with E-state index >= 15 is 0 Å². The van der Waals surface area contributed by atoms with Gasteiger partial charge in [0.2, 0.25) is 0 Å². The lowest BCUT2D eigenvalue weighted by atomic mass is 9.86. The Hall–Kier alpha value is -1.61. The number of halogens is 1. The monoisotopic (exact) mass is 370 g/mol. The predicted octanol–water partition coefficient (Wildman–Crippen LogP) is 5.80. The highest BCUT2D eigenvalue weighted by Crippen LogP contribution is 2.23. The predicted molar refractivity (Wildman–Crippen MR) is 101 cm³/mol. The summed E-state index contributed by atoms with van der Waals surface area (Å²) in [6.07, 6.45) is 3.17. The topological polar surface area (TPSA) is 28.7 Å². The van der Waals surface area contributed by atoms with Gasteiger partial charge in [-0.2, -0.15) is 0 Å². The number of rotatable bonds is 4. The molecule has 3 rings (SSSR count). The third-order valence-electron chi connectivity index (χ3n) is 4.19. The zero-order chi connectivity index (χ0) is 16.4. The van der Waals surface area contributed by atoms with Crippen molar-refractivity contribution < 1.29 is 0 Å². The Kier molecular flexibility index (Phi) is 4.58. The van der Waals surface area contributed by atoms with Gasteiger partial charge in [-0.3, -0.25) is 0 Å². The molecule has 3 heteroatoms. The van der Waals surface area contributed by atoms with Gasteiger partial charge in [0.15, 0.2) is 0 Å². The summed E-state index contributed by atoms with van der Waals surface area (Å²) in [4.78, 5) is 8.07. The number of aromatic nitrogens is 2. The summed E-state index contributed by atoms with van der Waals surface area (Å²) in [6.45, 7) is 6.76. The molecule has 23 heavy (non-hydrogen) atoms. The standard InChI is InChI=1S/C20H23BrN2/c1-20(2,3)15-9-7-14(8-10-15)5-4-6-19-22-17-12-11-16(21)13-18(17)23-19/h7-13H,4-6H2,1-3H3,(H,22,23). The van der Waals surface area contributed by atoms with Crippen molar-refractivity contribution >= 4 is 27.0 Å². The van der Waals surface area contributed by atoms with E-state index in [1.54, 1.807) is 0 Å². The number of nitrogens with one attached hydrogen (secondary N) is 1. The lowest BCUT2D eigenvalue weighted by Gasteiger charge is -2.19. The van der Waals surface area contributed by atoms with Crippen LogP contribution in [0.5, 0.6) is 0 Å². The number of hydrogen-bond acceptors (Lipinski definition) is 1. The van der Waals surface area contributed by atoms with Gasteiger partial charge in [0.1, 0.15) is 5.82 Å². The normalized spacial score (nSPS) is 12.0. The molecule has 2 aromatic carbocycles. The second kappa shape index (κ2) is 6.48. The quantitative estimate of drug-likeness (QED) is 0.617. The molecule has 0 atom stereocenters. The molecule has 0 bridgehead atoms. The minimum Gasteiger partial charge on any atom is -0.342 e. The Morgan fingerprint density at radius 3 is 2.43 bits per heavy atom. The molecule has 1 aromatic heterocycles. The van der Waals surface area contributed by atoms with E-state index in [0.29, 0.717) is 0 Å². The first kappa shape index (κ1) is 16.3. The zero-order valence-corrected chi connectivity index (χ0v) is 15.6. The van der Waals surface area contributed by atoms with E-state index in [1.807, 2.05) is 6.07 Å². The molecular formula is C20H23BrN2. The highest BCUT2D eigenvalue weighted by molar-refractivity contribution is 9.10. The summed E-state index contributed by atoms with van der Waals surface area (Å²) < 4.78 is 1.07. The van der Waals surface area contributed by atoms with Crippen LogP contribution in [-0.4, -0.2) is 9.97 Å². The molecular weight excluding hydrogens is 348 g/mol. The Labute approximate surface area is 146 Å². The van der Waals surface area contributed by atoms with Crippen LogP contribution in [0.25, 0.3) is 11.0 Å². The van der Waals surface area contributed by atoms with Crippen LogP contribution in [0.3, 0.4) is 0 Å². The third-order valence-corrected chi connectivity index (χ3v) is 4.69. The lowest BCUT2D eigenvalue weighted by Crippen LogP contribution is -2.10. The summed E-state index contributed by atoms with van der Waals surface area (Å²) in [5.41, 5.74) is 5.16. The van der Waals surface area contributed by atoms with Gasteiger partial charge in [-0.05, 0) is 47.6 Å². The van der Waals surface area contributed by atoms with Gasteiger partial charge in [-0.25, -0.2) is 4.98 Å². The van der Waals surface area contributed by atoms with Gasteiger partial charge in [-0.1, -0.05) is 61.0 Å². The van der Waals surface area contributed by atoms with Gasteiger partial charge in [0, 0.05) is 10.9 Å². The van der Waals surface area contributed by atoms with Crippen molar-refractivity contribution in [1.29, 1.82) is 0 Å². The summed E-state index contributed by atoms with van der Waals surface area (Å²) in [5.74, 6) is 1.07. The molecule has 0 fully saturated rings. The first-order chi connectivity index (χ1) is 10.9. The van der Waals surface area contributed by atoms with Crippen molar-refractivity contribution in [2.24, 2.45) is 0 Å². The Morgan fingerprint density at radius 1 is 1.00 bits per heavy atom. The minimum atomic E-state index is 0.223. The molecule has 0 saturated heterocycles. The summed E-state index contributed by atoms with van der Waals surface area (Å²) in [5, 5.41) is 0. The largest absolute Gasteiger partial charge is 0.342 e. The number of hydrogen-bond donors (Lipinski definition) is 1. The zero-order valence-electron chi connectivity index (χ0n) is 14.0. The fraction of sp³-hybridized carbons (Fsp3) is 0.350. The summed E-state index contributed by atoms with van der Waals surface area (Å²) in [7, 11) is 0. The van der Waals surface area contributed by atoms with Gasteiger partial charge >= 0.3 is 0 Å². The number of benzene rings is 2. The molecule has 1 heterocycles. The lowest BCUT2D eigenvalue weighted by molar-refractivity contribution is 0.590. The third kappa shape index (κ3) is 4.03. The number of imidazole rings is 1. The molecule has 0 saturated carbocycles. The average Bonchev–Trinajstić information content (AvgIpc) is 2.88. The molecule has 1 N–H and O–H groups in total. The Bertz CT molecular complexity index is 795. The van der Waals surface area contributed by atoms with Crippen LogP contribution >= 0.6 is 15.9 Å². The number of aromatic amines is 1. The van der Waals surface area contributed by atoms with E-state index in [4.69, 9.17) is 0 Å². The fourth-order valence-corrected chi connectivity index (χ4v) is 3.13. The number of fused-ring (bicyclic) bond motifs is 1. The van der Waals surface area contributed by atoms with Crippen LogP contribution in [0.1, 0.15) is 44.1 Å². The maximum atomic E-state index is 4.67. The first-order valence-electron chi connectivity index (χ1n) is 8.15. The Balaban J connectivity index is 1.60. The SMILES string of the molecule is CC(C)(C)c1ccc(CCCc2nc3cc(Br)ccc3[nH]2)cc1. The van der Waals surface area contributed by atoms with Crippen LogP contribution in [0.2, 0.25) is 0 Å². The van der Waals surface area contributed by atoms with Gasteiger partial charge in [-0.15, -0.1) is 0 Å². The van der Waals surface area contributed by atoms with Crippen LogP contribution in [-0.2, 0) is 18.3 Å². The van der Waals surface area contributed by atoms with Crippen LogP contribution in [0.4, 0.5) is 0 Å². The van der Waals surface area contributed by atoms with E-state index in [0.717, 1.165) is 40.6 Å². The molecule has 0 spiro atoms. The second-order valence-electron chi connectivity index (χ2n) is 7.15. The second-order valence-corrected chi connectivity index (χ2v) is 8.06. The highest BCUT2D eigenvalue weighted by Gasteiger charge is 2.12. The highest BCUT2D eigenvalue weighted by atomic mass is 79.9. The minimum absolute atomic E-state index is 0.223. The number of aryl methyl sites for hydroxylation is 2. The molecule has 0 amide bonds. The molecule has 0 aliphatic carbocycles.